The molecule has 1 N–H and O–H groups in total. The Hall–Kier alpha value is -3.18. The number of rotatable bonds is 9. The van der Waals surface area contributed by atoms with E-state index in [4.69, 9.17) is 4.74 Å². The molecule has 1 aromatic carbocycles. The van der Waals surface area contributed by atoms with Crippen molar-refractivity contribution in [1.29, 1.82) is 0 Å². The van der Waals surface area contributed by atoms with Gasteiger partial charge in [-0.05, 0) is 43.2 Å². The van der Waals surface area contributed by atoms with Crippen LogP contribution in [0, 0.1) is 0 Å². The molecule has 11 heteroatoms. The Balaban J connectivity index is 1.79. The number of hydrogen-bond donors (Lipinski definition) is 1. The quantitative estimate of drug-likeness (QED) is 0.532. The van der Waals surface area contributed by atoms with Crippen LogP contribution in [0.15, 0.2) is 41.4 Å². The molecule has 0 atom stereocenters. The zero-order chi connectivity index (χ0) is 24.9. The molecule has 1 saturated heterocycles. The van der Waals surface area contributed by atoms with Crippen molar-refractivity contribution in [2.24, 2.45) is 7.05 Å². The predicted molar refractivity (Wildman–Crippen MR) is 126 cm³/mol. The molecule has 2 amide bonds. The van der Waals surface area contributed by atoms with Crippen LogP contribution < -0.4 is 10.2 Å². The highest BCUT2D eigenvalue weighted by Crippen LogP contribution is 2.29. The molecule has 1 aromatic heterocycles. The van der Waals surface area contributed by atoms with Crippen LogP contribution >= 0.6 is 0 Å². The average molecular weight is 491 g/mol. The van der Waals surface area contributed by atoms with Crippen molar-refractivity contribution in [3.05, 3.63) is 47.8 Å². The van der Waals surface area contributed by atoms with Gasteiger partial charge in [0.1, 0.15) is 5.69 Å². The maximum atomic E-state index is 13.0. The first kappa shape index (κ1) is 25.4. The van der Waals surface area contributed by atoms with E-state index in [1.54, 1.807) is 49.9 Å². The van der Waals surface area contributed by atoms with E-state index < -0.39 is 34.4 Å². The van der Waals surface area contributed by atoms with Crippen molar-refractivity contribution >= 4 is 33.5 Å². The second-order valence-electron chi connectivity index (χ2n) is 7.92. The third-order valence-electron chi connectivity index (χ3n) is 5.74. The van der Waals surface area contributed by atoms with Crippen LogP contribution in [0.4, 0.5) is 5.69 Å². The number of hydrogen-bond acceptors (Lipinski definition) is 7. The fourth-order valence-corrected chi connectivity index (χ4v) is 5.40. The minimum atomic E-state index is -3.79. The summed E-state index contributed by atoms with van der Waals surface area (Å²) in [6.07, 6.45) is 3.58. The summed E-state index contributed by atoms with van der Waals surface area (Å²) in [5.74, 6) is -2.23. The first-order valence-electron chi connectivity index (χ1n) is 11.2. The molecule has 2 aromatic rings. The number of sulfonamides is 1. The van der Waals surface area contributed by atoms with Crippen LogP contribution in [0.25, 0.3) is 0 Å². The Labute approximate surface area is 199 Å². The molecule has 0 spiro atoms. The average Bonchev–Trinajstić information content (AvgIpc) is 3.49. The van der Waals surface area contributed by atoms with Crippen LogP contribution in [0.1, 0.15) is 47.5 Å². The van der Waals surface area contributed by atoms with E-state index in [1.807, 2.05) is 4.90 Å². The lowest BCUT2D eigenvalue weighted by atomic mass is 10.1. The fourth-order valence-electron chi connectivity index (χ4n) is 3.92. The number of carbonyl (C=O) groups excluding carboxylic acids is 3. The lowest BCUT2D eigenvalue weighted by molar-refractivity contribution is -0.123. The number of aromatic nitrogens is 1. The summed E-state index contributed by atoms with van der Waals surface area (Å²) in [7, 11) is -2.13. The molecule has 1 aliphatic heterocycles. The third kappa shape index (κ3) is 5.48. The summed E-state index contributed by atoms with van der Waals surface area (Å²) in [4.78, 5) is 39.3. The van der Waals surface area contributed by atoms with Crippen molar-refractivity contribution in [3.63, 3.8) is 0 Å². The molecule has 0 radical (unpaired) electrons. The molecule has 3 rings (SSSR count). The van der Waals surface area contributed by atoms with Gasteiger partial charge in [0.2, 0.25) is 10.0 Å². The van der Waals surface area contributed by atoms with Crippen molar-refractivity contribution in [3.8, 4) is 0 Å². The van der Waals surface area contributed by atoms with Crippen LogP contribution in [0.3, 0.4) is 0 Å². The number of imide groups is 1. The van der Waals surface area contributed by atoms with Gasteiger partial charge in [0, 0.05) is 39.4 Å². The summed E-state index contributed by atoms with van der Waals surface area (Å²) in [5.41, 5.74) is 0.906. The molecule has 1 fully saturated rings. The highest BCUT2D eigenvalue weighted by atomic mass is 32.2. The van der Waals surface area contributed by atoms with E-state index in [9.17, 15) is 22.8 Å². The van der Waals surface area contributed by atoms with Gasteiger partial charge in [-0.25, -0.2) is 13.2 Å². The van der Waals surface area contributed by atoms with Crippen molar-refractivity contribution < 1.29 is 27.5 Å². The Bertz CT molecular complexity index is 1160. The van der Waals surface area contributed by atoms with Crippen LogP contribution in [0.5, 0.6) is 0 Å². The smallest absolute Gasteiger partial charge is 0.340 e. The summed E-state index contributed by atoms with van der Waals surface area (Å²) in [5, 5.41) is 2.18. The number of nitrogens with one attached hydrogen (secondary N) is 1. The largest absolute Gasteiger partial charge is 0.452 e. The molecular weight excluding hydrogens is 460 g/mol. The van der Waals surface area contributed by atoms with Gasteiger partial charge in [0.25, 0.3) is 11.8 Å². The van der Waals surface area contributed by atoms with Crippen molar-refractivity contribution in [1.82, 2.24) is 14.2 Å². The highest BCUT2D eigenvalue weighted by Gasteiger charge is 2.27. The number of ether oxygens (including phenoxy) is 1. The lowest BCUT2D eigenvalue weighted by Gasteiger charge is -2.23. The van der Waals surface area contributed by atoms with Crippen LogP contribution in [0.2, 0.25) is 0 Å². The van der Waals surface area contributed by atoms with E-state index in [-0.39, 0.29) is 16.2 Å². The molecule has 1 aliphatic rings. The number of nitrogens with zero attached hydrogens (tertiary/aromatic N) is 3. The topological polar surface area (TPSA) is 118 Å². The van der Waals surface area contributed by atoms with Gasteiger partial charge in [-0.3, -0.25) is 14.9 Å². The van der Waals surface area contributed by atoms with Gasteiger partial charge < -0.3 is 14.2 Å². The summed E-state index contributed by atoms with van der Waals surface area (Å²) < 4.78 is 34.0. The van der Waals surface area contributed by atoms with Gasteiger partial charge in [-0.2, -0.15) is 4.31 Å². The molecule has 34 heavy (non-hydrogen) atoms. The third-order valence-corrected chi connectivity index (χ3v) is 7.79. The fraction of sp³-hybridized carbons (Fsp3) is 0.435. The minimum Gasteiger partial charge on any atom is -0.452 e. The van der Waals surface area contributed by atoms with Gasteiger partial charge in [0.05, 0.1) is 16.1 Å². The Morgan fingerprint density at radius 2 is 1.76 bits per heavy atom. The van der Waals surface area contributed by atoms with E-state index >= 15 is 0 Å². The first-order chi connectivity index (χ1) is 16.2. The van der Waals surface area contributed by atoms with E-state index in [0.717, 1.165) is 25.9 Å². The Kier molecular flexibility index (Phi) is 8.11. The number of amides is 2. The molecule has 2 heterocycles. The van der Waals surface area contributed by atoms with Gasteiger partial charge in [-0.1, -0.05) is 13.8 Å². The normalized spacial score (nSPS) is 13.8. The van der Waals surface area contributed by atoms with Crippen molar-refractivity contribution in [2.45, 2.75) is 31.6 Å². The van der Waals surface area contributed by atoms with Crippen LogP contribution in [-0.2, 0) is 26.6 Å². The Morgan fingerprint density at radius 1 is 1.09 bits per heavy atom. The first-order valence-corrected chi connectivity index (χ1v) is 12.6. The minimum absolute atomic E-state index is 0.0190. The summed E-state index contributed by atoms with van der Waals surface area (Å²) in [6, 6.07) is 7.62. The molecule has 0 bridgehead atoms. The van der Waals surface area contributed by atoms with Gasteiger partial charge >= 0.3 is 5.97 Å². The number of carbonyl (C=O) groups is 3. The molecule has 0 saturated carbocycles. The Morgan fingerprint density at radius 3 is 2.35 bits per heavy atom. The maximum Gasteiger partial charge on any atom is 0.340 e. The van der Waals surface area contributed by atoms with Crippen molar-refractivity contribution in [2.75, 3.05) is 37.7 Å². The van der Waals surface area contributed by atoms with E-state index in [1.165, 1.54) is 16.4 Å². The number of esters is 1. The number of anilines is 1. The molecule has 10 nitrogen and oxygen atoms in total. The monoisotopic (exact) mass is 490 g/mol. The number of aryl methyl sites for hydroxylation is 1. The molecule has 0 unspecified atom stereocenters. The SMILES string of the molecule is CCN(CC)S(=O)(=O)c1ccc(N2CCCC2)c(C(=O)OCC(=O)NC(=O)c2cccn2C)c1. The van der Waals surface area contributed by atoms with E-state index in [0.29, 0.717) is 18.8 Å². The molecule has 184 valence electrons. The summed E-state index contributed by atoms with van der Waals surface area (Å²) >= 11 is 0. The van der Waals surface area contributed by atoms with Gasteiger partial charge in [-0.15, -0.1) is 0 Å². The lowest BCUT2D eigenvalue weighted by Crippen LogP contribution is -2.35. The van der Waals surface area contributed by atoms with Gasteiger partial charge in [0.15, 0.2) is 6.61 Å². The summed E-state index contributed by atoms with van der Waals surface area (Å²) in [6.45, 7) is 4.85. The van der Waals surface area contributed by atoms with Crippen LogP contribution in [-0.4, -0.2) is 67.9 Å². The second-order valence-corrected chi connectivity index (χ2v) is 9.86. The maximum absolute atomic E-state index is 13.0. The standard InChI is InChI=1S/C23H30N4O6S/c1-4-27(5-2)34(31,32)17-10-11-19(26-13-6-7-14-26)18(15-17)23(30)33-16-21(28)24-22(29)20-9-8-12-25(20)3/h8-12,15H,4-7,13-14,16H2,1-3H3,(H,24,28,29). The van der Waals surface area contributed by atoms with E-state index in [2.05, 4.69) is 5.32 Å². The molecular formula is C23H30N4O6S. The zero-order valence-electron chi connectivity index (χ0n) is 19.6. The second kappa shape index (κ2) is 10.8. The highest BCUT2D eigenvalue weighted by molar-refractivity contribution is 7.89. The zero-order valence-corrected chi connectivity index (χ0v) is 20.4. The number of benzene rings is 1. The molecule has 0 aliphatic carbocycles. The predicted octanol–water partition coefficient (Wildman–Crippen LogP) is 1.77.